The number of carbonyl (C=O) groups excluding carboxylic acids is 1. The van der Waals surface area contributed by atoms with Crippen LogP contribution < -0.4 is 10.0 Å². The summed E-state index contributed by atoms with van der Waals surface area (Å²) in [6.07, 6.45) is -0.0185. The molecule has 0 radical (unpaired) electrons. The van der Waals surface area contributed by atoms with E-state index in [1.54, 1.807) is 37.3 Å². The molecule has 0 aliphatic rings. The number of sulfonamides is 1. The van der Waals surface area contributed by atoms with E-state index < -0.39 is 10.0 Å². The highest BCUT2D eigenvalue weighted by atomic mass is 35.5. The topological polar surface area (TPSA) is 75.3 Å². The summed E-state index contributed by atoms with van der Waals surface area (Å²) in [5.74, 6) is -0.308. The smallest absolute Gasteiger partial charge is 0.240 e. The molecule has 9 heteroatoms. The van der Waals surface area contributed by atoms with Crippen molar-refractivity contribution >= 4 is 50.7 Å². The Labute approximate surface area is 167 Å². The maximum atomic E-state index is 12.2. The molecule has 0 aliphatic heterocycles. The predicted molar refractivity (Wildman–Crippen MR) is 104 cm³/mol. The second kappa shape index (κ2) is 9.06. The molecule has 0 aromatic heterocycles. The van der Waals surface area contributed by atoms with Crippen LogP contribution >= 0.6 is 34.8 Å². The van der Waals surface area contributed by atoms with Crippen molar-refractivity contribution in [2.45, 2.75) is 24.3 Å². The van der Waals surface area contributed by atoms with Crippen molar-refractivity contribution < 1.29 is 13.2 Å². The monoisotopic (exact) mass is 434 g/mol. The average molecular weight is 436 g/mol. The summed E-state index contributed by atoms with van der Waals surface area (Å²) in [5.41, 5.74) is 0.726. The highest BCUT2D eigenvalue weighted by molar-refractivity contribution is 7.89. The SMILES string of the molecule is CC(NC(=O)CCNS(=O)(=O)c1cccc(Cl)c1)c1ccc(Cl)cc1Cl. The quantitative estimate of drug-likeness (QED) is 0.684. The Hall–Kier alpha value is -1.31. The van der Waals surface area contributed by atoms with Gasteiger partial charge in [-0.15, -0.1) is 0 Å². The van der Waals surface area contributed by atoms with Gasteiger partial charge in [-0.2, -0.15) is 0 Å². The Morgan fingerprint density at radius 3 is 2.42 bits per heavy atom. The van der Waals surface area contributed by atoms with E-state index in [-0.39, 0.29) is 29.8 Å². The molecule has 1 atom stereocenters. The van der Waals surface area contributed by atoms with E-state index in [0.717, 1.165) is 5.56 Å². The molecule has 2 aromatic carbocycles. The fourth-order valence-corrected chi connectivity index (χ4v) is 4.16. The van der Waals surface area contributed by atoms with Crippen LogP contribution in [0.25, 0.3) is 0 Å². The Morgan fingerprint density at radius 1 is 1.08 bits per heavy atom. The van der Waals surface area contributed by atoms with Gasteiger partial charge in [0, 0.05) is 28.0 Å². The summed E-state index contributed by atoms with van der Waals surface area (Å²) in [6, 6.07) is 10.6. The standard InChI is InChI=1S/C17H17Cl3N2O3S/c1-11(15-6-5-13(19)10-16(15)20)22-17(23)7-8-21-26(24,25)14-4-2-3-12(18)9-14/h2-6,9-11,21H,7-8H2,1H3,(H,22,23). The van der Waals surface area contributed by atoms with E-state index >= 15 is 0 Å². The van der Waals surface area contributed by atoms with Crippen LogP contribution in [0, 0.1) is 0 Å². The zero-order chi connectivity index (χ0) is 19.3. The van der Waals surface area contributed by atoms with Crippen LogP contribution in [0.3, 0.4) is 0 Å². The van der Waals surface area contributed by atoms with E-state index in [1.165, 1.54) is 12.1 Å². The zero-order valence-corrected chi connectivity index (χ0v) is 16.9. The van der Waals surface area contributed by atoms with E-state index in [1.807, 2.05) is 0 Å². The van der Waals surface area contributed by atoms with Crippen LogP contribution in [0.1, 0.15) is 24.9 Å². The minimum atomic E-state index is -3.72. The van der Waals surface area contributed by atoms with Crippen molar-refractivity contribution in [2.24, 2.45) is 0 Å². The summed E-state index contributed by atoms with van der Waals surface area (Å²) in [7, 11) is -3.72. The number of amides is 1. The molecular weight excluding hydrogens is 419 g/mol. The number of hydrogen-bond donors (Lipinski definition) is 2. The molecule has 1 unspecified atom stereocenters. The van der Waals surface area contributed by atoms with Crippen LogP contribution in [0.5, 0.6) is 0 Å². The average Bonchev–Trinajstić information content (AvgIpc) is 2.54. The summed E-state index contributed by atoms with van der Waals surface area (Å²) < 4.78 is 26.7. The zero-order valence-electron chi connectivity index (χ0n) is 13.8. The first-order valence-electron chi connectivity index (χ1n) is 7.68. The van der Waals surface area contributed by atoms with Gasteiger partial charge in [-0.25, -0.2) is 13.1 Å². The van der Waals surface area contributed by atoms with Gasteiger partial charge < -0.3 is 5.32 Å². The molecule has 26 heavy (non-hydrogen) atoms. The number of nitrogens with one attached hydrogen (secondary N) is 2. The third kappa shape index (κ3) is 5.86. The maximum absolute atomic E-state index is 12.2. The summed E-state index contributed by atoms with van der Waals surface area (Å²) in [5, 5.41) is 4.05. The van der Waals surface area contributed by atoms with Gasteiger partial charge in [0.05, 0.1) is 10.9 Å². The highest BCUT2D eigenvalue weighted by Gasteiger charge is 2.16. The minimum Gasteiger partial charge on any atom is -0.349 e. The molecule has 0 spiro atoms. The molecule has 1 amide bonds. The molecule has 0 heterocycles. The molecule has 0 bridgehead atoms. The van der Waals surface area contributed by atoms with Crippen LogP contribution in [-0.2, 0) is 14.8 Å². The normalized spacial score (nSPS) is 12.6. The van der Waals surface area contributed by atoms with Gasteiger partial charge in [0.15, 0.2) is 0 Å². The molecule has 2 rings (SSSR count). The Morgan fingerprint density at radius 2 is 1.77 bits per heavy atom. The number of rotatable bonds is 7. The van der Waals surface area contributed by atoms with Crippen molar-refractivity contribution in [3.63, 3.8) is 0 Å². The lowest BCUT2D eigenvalue weighted by atomic mass is 10.1. The largest absolute Gasteiger partial charge is 0.349 e. The number of halogens is 3. The first-order valence-corrected chi connectivity index (χ1v) is 10.3. The van der Waals surface area contributed by atoms with Crippen LogP contribution in [0.2, 0.25) is 15.1 Å². The molecule has 2 N–H and O–H groups in total. The number of hydrogen-bond acceptors (Lipinski definition) is 3. The van der Waals surface area contributed by atoms with Gasteiger partial charge in [-0.05, 0) is 42.8 Å². The van der Waals surface area contributed by atoms with Crippen molar-refractivity contribution in [2.75, 3.05) is 6.54 Å². The molecule has 0 fully saturated rings. The Bertz CT molecular complexity index is 904. The minimum absolute atomic E-state index is 0.0185. The van der Waals surface area contributed by atoms with E-state index in [0.29, 0.717) is 15.1 Å². The van der Waals surface area contributed by atoms with Gasteiger partial charge in [0.25, 0.3) is 0 Å². The van der Waals surface area contributed by atoms with E-state index in [2.05, 4.69) is 10.0 Å². The summed E-state index contributed by atoms with van der Waals surface area (Å²) in [4.78, 5) is 12.1. The maximum Gasteiger partial charge on any atom is 0.240 e. The van der Waals surface area contributed by atoms with Gasteiger partial charge >= 0.3 is 0 Å². The molecule has 0 saturated carbocycles. The van der Waals surface area contributed by atoms with Crippen LogP contribution in [0.4, 0.5) is 0 Å². The second-order valence-electron chi connectivity index (χ2n) is 5.56. The van der Waals surface area contributed by atoms with Crippen molar-refractivity contribution in [1.29, 1.82) is 0 Å². The third-order valence-corrected chi connectivity index (χ3v) is 5.81. The Kier molecular flexibility index (Phi) is 7.32. The predicted octanol–water partition coefficient (Wildman–Crippen LogP) is 4.19. The molecule has 0 aliphatic carbocycles. The van der Waals surface area contributed by atoms with Crippen molar-refractivity contribution in [3.8, 4) is 0 Å². The molecule has 5 nitrogen and oxygen atoms in total. The lowest BCUT2D eigenvalue weighted by molar-refractivity contribution is -0.121. The van der Waals surface area contributed by atoms with Gasteiger partial charge in [0.2, 0.25) is 15.9 Å². The lowest BCUT2D eigenvalue weighted by Crippen LogP contribution is -2.32. The highest BCUT2D eigenvalue weighted by Crippen LogP contribution is 2.26. The first-order chi connectivity index (χ1) is 12.2. The summed E-state index contributed by atoms with van der Waals surface area (Å²) >= 11 is 17.8. The fraction of sp³-hybridized carbons (Fsp3) is 0.235. The van der Waals surface area contributed by atoms with Gasteiger partial charge in [-0.3, -0.25) is 4.79 Å². The van der Waals surface area contributed by atoms with Crippen LogP contribution in [-0.4, -0.2) is 20.9 Å². The van der Waals surface area contributed by atoms with Gasteiger partial charge in [-0.1, -0.05) is 46.9 Å². The van der Waals surface area contributed by atoms with Crippen LogP contribution in [0.15, 0.2) is 47.4 Å². The summed E-state index contributed by atoms with van der Waals surface area (Å²) in [6.45, 7) is 1.74. The van der Waals surface area contributed by atoms with E-state index in [9.17, 15) is 13.2 Å². The molecule has 2 aromatic rings. The second-order valence-corrected chi connectivity index (χ2v) is 8.61. The number of benzene rings is 2. The molecule has 0 saturated heterocycles. The van der Waals surface area contributed by atoms with Crippen molar-refractivity contribution in [1.82, 2.24) is 10.0 Å². The van der Waals surface area contributed by atoms with E-state index in [4.69, 9.17) is 34.8 Å². The molecular formula is C17H17Cl3N2O3S. The third-order valence-electron chi connectivity index (χ3n) is 3.56. The Balaban J connectivity index is 1.88. The lowest BCUT2D eigenvalue weighted by Gasteiger charge is -2.16. The van der Waals surface area contributed by atoms with Gasteiger partial charge in [0.1, 0.15) is 0 Å². The fourth-order valence-electron chi connectivity index (χ4n) is 2.26. The number of carbonyl (C=O) groups is 1. The molecule has 140 valence electrons. The first kappa shape index (κ1) is 21.0. The van der Waals surface area contributed by atoms with Crippen molar-refractivity contribution in [3.05, 3.63) is 63.1 Å².